The van der Waals surface area contributed by atoms with Crippen molar-refractivity contribution in [2.75, 3.05) is 33.4 Å². The number of hydrogen-bond donors (Lipinski definition) is 1. The molecule has 4 rings (SSSR count). The van der Waals surface area contributed by atoms with Crippen LogP contribution in [-0.4, -0.2) is 44.4 Å². The van der Waals surface area contributed by atoms with Crippen LogP contribution in [0.5, 0.6) is 11.5 Å². The van der Waals surface area contributed by atoms with Crippen LogP contribution in [0.2, 0.25) is 0 Å². The summed E-state index contributed by atoms with van der Waals surface area (Å²) in [5.74, 6) is 0.640. The molecular formula is C32H39F2N2O2P. The predicted octanol–water partition coefficient (Wildman–Crippen LogP) is 6.59. The predicted molar refractivity (Wildman–Crippen MR) is 161 cm³/mol. The molecule has 2 atom stereocenters. The van der Waals surface area contributed by atoms with Gasteiger partial charge in [0.1, 0.15) is 11.9 Å². The van der Waals surface area contributed by atoms with E-state index in [1.165, 1.54) is 7.11 Å². The molecule has 7 heteroatoms. The van der Waals surface area contributed by atoms with Crippen LogP contribution >= 0.6 is 9.24 Å². The van der Waals surface area contributed by atoms with Gasteiger partial charge in [0.2, 0.25) is 0 Å². The Kier molecular flexibility index (Phi) is 9.99. The minimum Gasteiger partial charge on any atom is -0.494 e. The van der Waals surface area contributed by atoms with Gasteiger partial charge in [-0.2, -0.15) is 0 Å². The minimum atomic E-state index is -0.378. The number of nitrogens with two attached hydrogens (primary N) is 1. The highest BCUT2D eigenvalue weighted by molar-refractivity contribution is 7.27. The lowest BCUT2D eigenvalue weighted by Gasteiger charge is -2.20. The second-order valence-electron chi connectivity index (χ2n) is 10.1. The Bertz CT molecular complexity index is 1280. The normalized spacial score (nSPS) is 20.0. The molecule has 0 spiro atoms. The number of alkyl halides is 1. The van der Waals surface area contributed by atoms with Crippen molar-refractivity contribution in [3.8, 4) is 11.5 Å². The number of methoxy groups -OCH3 is 1. The van der Waals surface area contributed by atoms with Crippen molar-refractivity contribution in [2.24, 2.45) is 5.73 Å². The molecule has 1 fully saturated rings. The zero-order valence-corrected chi connectivity index (χ0v) is 24.1. The molecule has 2 aromatic rings. The molecule has 2 aromatic carbocycles. The molecule has 0 radical (unpaired) electrons. The van der Waals surface area contributed by atoms with Gasteiger partial charge < -0.3 is 15.2 Å². The molecule has 1 aliphatic heterocycles. The molecule has 0 saturated carbocycles. The third kappa shape index (κ3) is 6.80. The average molecular weight is 553 g/mol. The van der Waals surface area contributed by atoms with Gasteiger partial charge >= 0.3 is 0 Å². The molecule has 1 aliphatic carbocycles. The number of hydrogen-bond acceptors (Lipinski definition) is 4. The fourth-order valence-corrected chi connectivity index (χ4v) is 5.81. The van der Waals surface area contributed by atoms with Crippen molar-refractivity contribution < 1.29 is 18.3 Å². The van der Waals surface area contributed by atoms with Gasteiger partial charge in [-0.15, -0.1) is 9.24 Å². The Labute approximate surface area is 233 Å². The SMILES string of the molecule is C=C1C(c2ccc(O[C@H]3CCN(CCCF)C3)cc2)=C(c2ccc(OC)c(F)c2P)CCC/C1=C/C(N)=C\C. The Morgan fingerprint density at radius 3 is 2.67 bits per heavy atom. The first-order valence-electron chi connectivity index (χ1n) is 13.6. The van der Waals surface area contributed by atoms with Crippen molar-refractivity contribution in [3.63, 3.8) is 0 Å². The van der Waals surface area contributed by atoms with E-state index in [0.717, 1.165) is 84.5 Å². The molecule has 0 amide bonds. The first-order chi connectivity index (χ1) is 18.9. The van der Waals surface area contributed by atoms with Gasteiger partial charge in [0, 0.05) is 30.6 Å². The van der Waals surface area contributed by atoms with Crippen LogP contribution in [0.3, 0.4) is 0 Å². The second kappa shape index (κ2) is 13.4. The lowest BCUT2D eigenvalue weighted by molar-refractivity contribution is 0.198. The lowest BCUT2D eigenvalue weighted by atomic mass is 9.87. The number of allylic oxidation sites excluding steroid dienone is 6. The number of ether oxygens (including phenoxy) is 2. The number of halogens is 2. The van der Waals surface area contributed by atoms with Gasteiger partial charge in [-0.25, -0.2) is 4.39 Å². The highest BCUT2D eigenvalue weighted by Crippen LogP contribution is 2.43. The van der Waals surface area contributed by atoms with E-state index in [1.54, 1.807) is 6.07 Å². The summed E-state index contributed by atoms with van der Waals surface area (Å²) < 4.78 is 39.1. The Morgan fingerprint density at radius 2 is 1.97 bits per heavy atom. The molecule has 1 heterocycles. The van der Waals surface area contributed by atoms with Crippen molar-refractivity contribution in [2.45, 2.75) is 45.1 Å². The minimum absolute atomic E-state index is 0.0957. The van der Waals surface area contributed by atoms with Crippen LogP contribution in [-0.2, 0) is 0 Å². The van der Waals surface area contributed by atoms with Crippen LogP contribution in [0, 0.1) is 5.82 Å². The topological polar surface area (TPSA) is 47.7 Å². The molecule has 1 unspecified atom stereocenters. The average Bonchev–Trinajstić information content (AvgIpc) is 3.33. The number of rotatable bonds is 9. The Morgan fingerprint density at radius 1 is 1.21 bits per heavy atom. The first kappa shape index (κ1) is 29.0. The molecule has 0 aromatic heterocycles. The largest absolute Gasteiger partial charge is 0.494 e. The third-order valence-electron chi connectivity index (χ3n) is 7.51. The maximum absolute atomic E-state index is 15.1. The van der Waals surface area contributed by atoms with E-state index in [1.807, 2.05) is 37.3 Å². The van der Waals surface area contributed by atoms with Gasteiger partial charge in [-0.1, -0.05) is 30.9 Å². The number of nitrogens with zero attached hydrogens (tertiary/aromatic N) is 1. The molecule has 0 bridgehead atoms. The van der Waals surface area contributed by atoms with Crippen molar-refractivity contribution >= 4 is 25.7 Å². The van der Waals surface area contributed by atoms with E-state index in [-0.39, 0.29) is 24.3 Å². The van der Waals surface area contributed by atoms with Crippen molar-refractivity contribution in [1.82, 2.24) is 4.90 Å². The summed E-state index contributed by atoms with van der Waals surface area (Å²) in [5, 5.41) is 0.480. The van der Waals surface area contributed by atoms with Crippen molar-refractivity contribution in [1.29, 1.82) is 0 Å². The quantitative estimate of drug-likeness (QED) is 0.357. The smallest absolute Gasteiger partial charge is 0.172 e. The summed E-state index contributed by atoms with van der Waals surface area (Å²) >= 11 is 0. The van der Waals surface area contributed by atoms with Gasteiger partial charge in [-0.3, -0.25) is 9.29 Å². The number of likely N-dealkylation sites (tertiary alicyclic amines) is 1. The van der Waals surface area contributed by atoms with Gasteiger partial charge in [0.15, 0.2) is 11.6 Å². The summed E-state index contributed by atoms with van der Waals surface area (Å²) in [6.45, 7) is 8.65. The molecule has 2 N–H and O–H groups in total. The molecular weight excluding hydrogens is 513 g/mol. The summed E-state index contributed by atoms with van der Waals surface area (Å²) in [4.78, 5) is 2.25. The van der Waals surface area contributed by atoms with E-state index in [9.17, 15) is 4.39 Å². The van der Waals surface area contributed by atoms with E-state index in [0.29, 0.717) is 17.4 Å². The summed E-state index contributed by atoms with van der Waals surface area (Å²) in [6, 6.07) is 11.7. The highest BCUT2D eigenvalue weighted by Gasteiger charge is 2.25. The van der Waals surface area contributed by atoms with Gasteiger partial charge in [0.05, 0.1) is 13.8 Å². The summed E-state index contributed by atoms with van der Waals surface area (Å²) in [7, 11) is 4.03. The van der Waals surface area contributed by atoms with Crippen LogP contribution < -0.4 is 20.5 Å². The zero-order chi connectivity index (χ0) is 27.9. The summed E-state index contributed by atoms with van der Waals surface area (Å²) in [6.07, 6.45) is 7.95. The molecule has 39 heavy (non-hydrogen) atoms. The second-order valence-corrected chi connectivity index (χ2v) is 10.7. The van der Waals surface area contributed by atoms with E-state index in [2.05, 4.69) is 32.9 Å². The standard InChI is InChI=1S/C32H39F2N2O2P/c1-4-24(35)19-23-7-5-8-27(28-13-14-29(37-3)31(34)32(28)39)30(21(23)2)22-9-11-25(12-10-22)38-26-15-18-36(20-26)17-6-16-33/h4,9-14,19,26H,2,5-8,15-18,20,35,39H2,1,3H3/b23-19-,24-4+/t26-/m0/s1. The maximum atomic E-state index is 15.1. The van der Waals surface area contributed by atoms with Crippen molar-refractivity contribution in [3.05, 3.63) is 88.9 Å². The summed E-state index contributed by atoms with van der Waals surface area (Å²) in [5.41, 5.74) is 12.7. The van der Waals surface area contributed by atoms with Crippen LogP contribution in [0.4, 0.5) is 8.78 Å². The Hall–Kier alpha value is -2.95. The van der Waals surface area contributed by atoms with Crippen LogP contribution in [0.15, 0.2) is 72.0 Å². The third-order valence-corrected chi connectivity index (χ3v) is 8.07. The van der Waals surface area contributed by atoms with E-state index >= 15 is 4.39 Å². The van der Waals surface area contributed by atoms with Gasteiger partial charge in [0.25, 0.3) is 0 Å². The molecule has 2 aliphatic rings. The van der Waals surface area contributed by atoms with Gasteiger partial charge in [-0.05, 0) is 96.7 Å². The van der Waals surface area contributed by atoms with E-state index < -0.39 is 0 Å². The monoisotopic (exact) mass is 552 g/mol. The lowest BCUT2D eigenvalue weighted by Crippen LogP contribution is -2.26. The first-order valence-corrected chi connectivity index (χ1v) is 14.2. The maximum Gasteiger partial charge on any atom is 0.172 e. The van der Waals surface area contributed by atoms with E-state index in [4.69, 9.17) is 15.2 Å². The fourth-order valence-electron chi connectivity index (χ4n) is 5.40. The van der Waals surface area contributed by atoms with Crippen LogP contribution in [0.25, 0.3) is 11.1 Å². The van der Waals surface area contributed by atoms with Crippen LogP contribution in [0.1, 0.15) is 50.2 Å². The fraction of sp³-hybridized carbons (Fsp3) is 0.375. The molecule has 208 valence electrons. The number of benzene rings is 2. The highest BCUT2D eigenvalue weighted by atomic mass is 31.0. The zero-order valence-electron chi connectivity index (χ0n) is 22.9. The molecule has 4 nitrogen and oxygen atoms in total. The Balaban J connectivity index is 1.71. The molecule has 1 saturated heterocycles.